The first-order valence-corrected chi connectivity index (χ1v) is 11.1. The van der Waals surface area contributed by atoms with Gasteiger partial charge in [-0.1, -0.05) is 42.5 Å². The van der Waals surface area contributed by atoms with E-state index in [-0.39, 0.29) is 0 Å². The molecule has 0 radical (unpaired) electrons. The Morgan fingerprint density at radius 3 is 2.77 bits per heavy atom. The Labute approximate surface area is 134 Å². The summed E-state index contributed by atoms with van der Waals surface area (Å²) in [5, 5.41) is 6.26. The van der Waals surface area contributed by atoms with Gasteiger partial charge in [-0.3, -0.25) is 4.57 Å². The fraction of sp³-hybridized carbons (Fsp3) is 0.267. The van der Waals surface area contributed by atoms with Crippen molar-refractivity contribution in [2.24, 2.45) is 0 Å². The molecule has 3 heterocycles. The van der Waals surface area contributed by atoms with Gasteiger partial charge in [-0.2, -0.15) is 5.10 Å². The first kappa shape index (κ1) is 13.7. The maximum absolute atomic E-state index is 6.25. The molecule has 0 saturated carbocycles. The van der Waals surface area contributed by atoms with Crippen molar-refractivity contribution in [1.29, 1.82) is 0 Å². The largest absolute Gasteiger partial charge is 0.299 e. The Hall–Kier alpha value is -1.92. The van der Waals surface area contributed by atoms with Crippen LogP contribution in [0.15, 0.2) is 30.9 Å². The molecule has 0 amide bonds. The SMILES string of the molecule is C[Si](C)(C)c1ccc2c(c1)-c1ncnn1Cc1c(Cl)ncn1-2. The van der Waals surface area contributed by atoms with Crippen LogP contribution in [0.25, 0.3) is 17.1 Å². The highest BCUT2D eigenvalue weighted by atomic mass is 35.5. The molecule has 0 aliphatic carbocycles. The Balaban J connectivity index is 2.05. The molecule has 0 fully saturated rings. The number of halogens is 1. The lowest BCUT2D eigenvalue weighted by atomic mass is 10.1. The van der Waals surface area contributed by atoms with E-state index in [0.29, 0.717) is 11.7 Å². The second kappa shape index (κ2) is 4.53. The van der Waals surface area contributed by atoms with E-state index in [0.717, 1.165) is 22.8 Å². The fourth-order valence-corrected chi connectivity index (χ4v) is 4.18. The molecule has 0 bridgehead atoms. The monoisotopic (exact) mass is 329 g/mol. The van der Waals surface area contributed by atoms with Crippen molar-refractivity contribution in [2.75, 3.05) is 0 Å². The van der Waals surface area contributed by atoms with E-state index in [1.54, 1.807) is 12.7 Å². The zero-order valence-corrected chi connectivity index (χ0v) is 14.5. The van der Waals surface area contributed by atoms with Crippen LogP contribution in [0.3, 0.4) is 0 Å². The van der Waals surface area contributed by atoms with Crippen LogP contribution in [0.1, 0.15) is 5.69 Å². The van der Waals surface area contributed by atoms with Crippen LogP contribution in [0.2, 0.25) is 24.8 Å². The van der Waals surface area contributed by atoms with Gasteiger partial charge in [0.15, 0.2) is 11.0 Å². The Bertz CT molecular complexity index is 874. The molecule has 22 heavy (non-hydrogen) atoms. The highest BCUT2D eigenvalue weighted by molar-refractivity contribution is 6.88. The van der Waals surface area contributed by atoms with Gasteiger partial charge in [-0.15, -0.1) is 0 Å². The molecule has 0 unspecified atom stereocenters. The molecular formula is C15H16ClN5Si. The highest BCUT2D eigenvalue weighted by Crippen LogP contribution is 2.31. The summed E-state index contributed by atoms with van der Waals surface area (Å²) in [7, 11) is -1.40. The molecule has 7 heteroatoms. The summed E-state index contributed by atoms with van der Waals surface area (Å²) in [4.78, 5) is 8.71. The van der Waals surface area contributed by atoms with E-state index in [4.69, 9.17) is 11.6 Å². The molecule has 5 nitrogen and oxygen atoms in total. The zero-order valence-electron chi connectivity index (χ0n) is 12.7. The second-order valence-electron chi connectivity index (χ2n) is 6.58. The third-order valence-electron chi connectivity index (χ3n) is 4.09. The van der Waals surface area contributed by atoms with Crippen molar-refractivity contribution in [3.63, 3.8) is 0 Å². The summed E-state index contributed by atoms with van der Waals surface area (Å²) in [5.41, 5.74) is 3.08. The number of imidazole rings is 1. The highest BCUT2D eigenvalue weighted by Gasteiger charge is 2.25. The van der Waals surface area contributed by atoms with Crippen molar-refractivity contribution in [1.82, 2.24) is 24.3 Å². The van der Waals surface area contributed by atoms with Crippen LogP contribution in [-0.4, -0.2) is 32.4 Å². The number of hydrogen-bond donors (Lipinski definition) is 0. The third kappa shape index (κ3) is 1.94. The number of rotatable bonds is 1. The maximum atomic E-state index is 6.25. The number of benzene rings is 1. The van der Waals surface area contributed by atoms with Crippen molar-refractivity contribution >= 4 is 24.9 Å². The molecule has 0 atom stereocenters. The predicted molar refractivity (Wildman–Crippen MR) is 89.7 cm³/mol. The Morgan fingerprint density at radius 1 is 1.18 bits per heavy atom. The summed E-state index contributed by atoms with van der Waals surface area (Å²) < 4.78 is 3.93. The van der Waals surface area contributed by atoms with E-state index in [2.05, 4.69) is 52.9 Å². The minimum atomic E-state index is -1.40. The van der Waals surface area contributed by atoms with Gasteiger partial charge in [0, 0.05) is 5.56 Å². The number of nitrogens with zero attached hydrogens (tertiary/aromatic N) is 5. The summed E-state index contributed by atoms with van der Waals surface area (Å²) in [6, 6.07) is 6.62. The quantitative estimate of drug-likeness (QED) is 0.504. The van der Waals surface area contributed by atoms with Crippen LogP contribution in [0.4, 0.5) is 0 Å². The number of hydrogen-bond acceptors (Lipinski definition) is 3. The molecule has 0 N–H and O–H groups in total. The van der Waals surface area contributed by atoms with Crippen LogP contribution in [0, 0.1) is 0 Å². The lowest BCUT2D eigenvalue weighted by Gasteiger charge is -2.19. The average molecular weight is 330 g/mol. The smallest absolute Gasteiger partial charge is 0.160 e. The van der Waals surface area contributed by atoms with E-state index >= 15 is 0 Å². The van der Waals surface area contributed by atoms with Crippen molar-refractivity contribution in [2.45, 2.75) is 26.2 Å². The molecule has 2 aromatic heterocycles. The summed E-state index contributed by atoms with van der Waals surface area (Å²) >= 11 is 6.25. The van der Waals surface area contributed by atoms with Gasteiger partial charge in [-0.05, 0) is 12.1 Å². The van der Waals surface area contributed by atoms with E-state index in [1.807, 2.05) is 9.25 Å². The summed E-state index contributed by atoms with van der Waals surface area (Å²) in [5.74, 6) is 0.884. The molecule has 1 aromatic carbocycles. The molecule has 3 aromatic rings. The maximum Gasteiger partial charge on any atom is 0.160 e. The predicted octanol–water partition coefficient (Wildman–Crippen LogP) is 2.69. The fourth-order valence-electron chi connectivity index (χ4n) is 2.82. The molecule has 1 aliphatic rings. The van der Waals surface area contributed by atoms with Crippen LogP contribution >= 0.6 is 11.6 Å². The lowest BCUT2D eigenvalue weighted by molar-refractivity contribution is 0.677. The summed E-state index contributed by atoms with van der Waals surface area (Å²) in [6.45, 7) is 7.60. The molecule has 0 saturated heterocycles. The van der Waals surface area contributed by atoms with Gasteiger partial charge in [0.25, 0.3) is 0 Å². The van der Waals surface area contributed by atoms with E-state index in [1.165, 1.54) is 5.19 Å². The van der Waals surface area contributed by atoms with Gasteiger partial charge >= 0.3 is 0 Å². The van der Waals surface area contributed by atoms with Gasteiger partial charge in [0.2, 0.25) is 0 Å². The topological polar surface area (TPSA) is 48.5 Å². The standard InChI is InChI=1S/C15H16ClN5Si/c1-22(2,3)10-4-5-12-11(6-10)15-17-8-19-21(15)7-13-14(16)18-9-20(12)13/h4-6,8-9H,7H2,1-3H3. The summed E-state index contributed by atoms with van der Waals surface area (Å²) in [6.07, 6.45) is 3.37. The van der Waals surface area contributed by atoms with Crippen LogP contribution in [0.5, 0.6) is 0 Å². The molecular weight excluding hydrogens is 314 g/mol. The molecule has 4 rings (SSSR count). The first-order chi connectivity index (χ1) is 10.4. The van der Waals surface area contributed by atoms with Gasteiger partial charge in [0.05, 0.1) is 26.0 Å². The van der Waals surface area contributed by atoms with Crippen molar-refractivity contribution < 1.29 is 0 Å². The van der Waals surface area contributed by atoms with Crippen LogP contribution < -0.4 is 5.19 Å². The molecule has 1 aliphatic heterocycles. The van der Waals surface area contributed by atoms with E-state index < -0.39 is 8.07 Å². The van der Waals surface area contributed by atoms with Crippen LogP contribution in [-0.2, 0) is 6.54 Å². The van der Waals surface area contributed by atoms with Crippen molar-refractivity contribution in [3.8, 4) is 17.1 Å². The van der Waals surface area contributed by atoms with Gasteiger partial charge in [0.1, 0.15) is 12.7 Å². The van der Waals surface area contributed by atoms with Crippen molar-refractivity contribution in [3.05, 3.63) is 41.7 Å². The first-order valence-electron chi connectivity index (χ1n) is 7.20. The molecule has 112 valence electrons. The normalized spacial score (nSPS) is 13.3. The third-order valence-corrected chi connectivity index (χ3v) is 6.45. The minimum Gasteiger partial charge on any atom is -0.299 e. The minimum absolute atomic E-state index is 0.517. The molecule has 0 spiro atoms. The average Bonchev–Trinajstić information content (AvgIpc) is 3.03. The Morgan fingerprint density at radius 2 is 2.00 bits per heavy atom. The van der Waals surface area contributed by atoms with Gasteiger partial charge in [-0.25, -0.2) is 14.6 Å². The lowest BCUT2D eigenvalue weighted by Crippen LogP contribution is -2.37. The number of fused-ring (bicyclic) bond motifs is 5. The van der Waals surface area contributed by atoms with Gasteiger partial charge < -0.3 is 0 Å². The van der Waals surface area contributed by atoms with E-state index in [9.17, 15) is 0 Å². The second-order valence-corrected chi connectivity index (χ2v) is 12.0. The Kier molecular flexibility index (Phi) is 2.83. The number of aromatic nitrogens is 5. The zero-order chi connectivity index (χ0) is 15.5.